The Balaban J connectivity index is 1.67. The van der Waals surface area contributed by atoms with Crippen LogP contribution in [0.15, 0.2) is 30.5 Å². The van der Waals surface area contributed by atoms with Gasteiger partial charge in [-0.1, -0.05) is 37.1 Å². The molecule has 1 aromatic heterocycles. The number of aryl methyl sites for hydroxylation is 3. The Morgan fingerprint density at radius 3 is 2.62 bits per heavy atom. The third-order valence-corrected chi connectivity index (χ3v) is 4.38. The molecule has 2 N–H and O–H groups in total. The van der Waals surface area contributed by atoms with E-state index >= 15 is 0 Å². The van der Waals surface area contributed by atoms with Crippen LogP contribution in [0, 0.1) is 6.92 Å². The highest BCUT2D eigenvalue weighted by Crippen LogP contribution is 2.13. The number of anilines is 1. The number of unbranched alkanes of at least 4 members (excludes halogenated alkanes) is 1. The SMILES string of the molecule is CCCCc1ccc(NC(=S)NCCCn2cc(Cl)c(C)n2)cc1. The lowest BCUT2D eigenvalue weighted by Crippen LogP contribution is -2.29. The standard InChI is InChI=1S/C18H25ClN4S/c1-3-4-6-15-7-9-16(10-8-15)21-18(24)20-11-5-12-23-13-17(19)14(2)22-23/h7-10,13H,3-6,11-12H2,1-2H3,(H2,20,21,24). The number of hydrogen-bond donors (Lipinski definition) is 2. The Hall–Kier alpha value is -1.59. The van der Waals surface area contributed by atoms with E-state index in [1.807, 2.05) is 17.8 Å². The molecule has 1 heterocycles. The zero-order chi connectivity index (χ0) is 17.4. The van der Waals surface area contributed by atoms with Crippen LogP contribution in [0.2, 0.25) is 5.02 Å². The number of nitrogens with one attached hydrogen (secondary N) is 2. The summed E-state index contributed by atoms with van der Waals surface area (Å²) < 4.78 is 1.87. The van der Waals surface area contributed by atoms with E-state index in [2.05, 4.69) is 46.9 Å². The largest absolute Gasteiger partial charge is 0.362 e. The number of thiocarbonyl (C=S) groups is 1. The molecular formula is C18H25ClN4S. The van der Waals surface area contributed by atoms with Crippen molar-refractivity contribution in [3.8, 4) is 0 Å². The molecule has 24 heavy (non-hydrogen) atoms. The predicted molar refractivity (Wildman–Crippen MR) is 106 cm³/mol. The van der Waals surface area contributed by atoms with Gasteiger partial charge >= 0.3 is 0 Å². The highest BCUT2D eigenvalue weighted by Gasteiger charge is 2.02. The molecule has 130 valence electrons. The maximum Gasteiger partial charge on any atom is 0.170 e. The lowest BCUT2D eigenvalue weighted by molar-refractivity contribution is 0.570. The van der Waals surface area contributed by atoms with Gasteiger partial charge in [0.25, 0.3) is 0 Å². The Labute approximate surface area is 154 Å². The molecule has 0 saturated carbocycles. The van der Waals surface area contributed by atoms with E-state index in [9.17, 15) is 0 Å². The van der Waals surface area contributed by atoms with Crippen molar-refractivity contribution in [3.63, 3.8) is 0 Å². The smallest absolute Gasteiger partial charge is 0.170 e. The van der Waals surface area contributed by atoms with Crippen LogP contribution in [0.5, 0.6) is 0 Å². The van der Waals surface area contributed by atoms with Gasteiger partial charge in [-0.15, -0.1) is 0 Å². The first-order chi connectivity index (χ1) is 11.6. The van der Waals surface area contributed by atoms with E-state index in [4.69, 9.17) is 23.8 Å². The highest BCUT2D eigenvalue weighted by atomic mass is 35.5. The second kappa shape index (κ2) is 9.64. The van der Waals surface area contributed by atoms with Gasteiger partial charge in [-0.25, -0.2) is 0 Å². The van der Waals surface area contributed by atoms with E-state index in [0.29, 0.717) is 10.1 Å². The van der Waals surface area contributed by atoms with Crippen molar-refractivity contribution < 1.29 is 0 Å². The van der Waals surface area contributed by atoms with Gasteiger partial charge in [0, 0.05) is 25.0 Å². The van der Waals surface area contributed by atoms with Crippen LogP contribution in [0.4, 0.5) is 5.69 Å². The molecule has 0 saturated heterocycles. The lowest BCUT2D eigenvalue weighted by atomic mass is 10.1. The predicted octanol–water partition coefficient (Wildman–Crippen LogP) is 4.56. The minimum Gasteiger partial charge on any atom is -0.362 e. The molecule has 1 aromatic carbocycles. The van der Waals surface area contributed by atoms with Crippen molar-refractivity contribution in [2.45, 2.75) is 46.1 Å². The molecule has 4 nitrogen and oxygen atoms in total. The van der Waals surface area contributed by atoms with Gasteiger partial charge in [0.2, 0.25) is 0 Å². The Morgan fingerprint density at radius 2 is 2.00 bits per heavy atom. The molecule has 0 unspecified atom stereocenters. The van der Waals surface area contributed by atoms with Gasteiger partial charge in [0.1, 0.15) is 0 Å². The van der Waals surface area contributed by atoms with Crippen molar-refractivity contribution in [2.75, 3.05) is 11.9 Å². The number of hydrogen-bond acceptors (Lipinski definition) is 2. The average molecular weight is 365 g/mol. The fourth-order valence-corrected chi connectivity index (χ4v) is 2.73. The summed E-state index contributed by atoms with van der Waals surface area (Å²) in [4.78, 5) is 0. The Bertz CT molecular complexity index is 632. The highest BCUT2D eigenvalue weighted by molar-refractivity contribution is 7.80. The third-order valence-electron chi connectivity index (χ3n) is 3.77. The van der Waals surface area contributed by atoms with Crippen LogP contribution in [-0.4, -0.2) is 21.4 Å². The fourth-order valence-electron chi connectivity index (χ4n) is 2.36. The molecule has 0 aliphatic carbocycles. The average Bonchev–Trinajstić information content (AvgIpc) is 2.89. The maximum absolute atomic E-state index is 5.99. The van der Waals surface area contributed by atoms with Crippen LogP contribution in [0.25, 0.3) is 0 Å². The molecule has 0 aliphatic rings. The Morgan fingerprint density at radius 1 is 1.25 bits per heavy atom. The lowest BCUT2D eigenvalue weighted by Gasteiger charge is -2.11. The zero-order valence-corrected chi connectivity index (χ0v) is 15.9. The van der Waals surface area contributed by atoms with Crippen LogP contribution in [0.3, 0.4) is 0 Å². The van der Waals surface area contributed by atoms with Crippen LogP contribution in [-0.2, 0) is 13.0 Å². The molecule has 0 radical (unpaired) electrons. The van der Waals surface area contributed by atoms with Crippen LogP contribution in [0.1, 0.15) is 37.4 Å². The number of halogens is 1. The summed E-state index contributed by atoms with van der Waals surface area (Å²) in [6.45, 7) is 5.72. The van der Waals surface area contributed by atoms with Gasteiger partial charge in [0.05, 0.1) is 10.7 Å². The summed E-state index contributed by atoms with van der Waals surface area (Å²) in [5, 5.41) is 12.1. The van der Waals surface area contributed by atoms with Crippen molar-refractivity contribution in [3.05, 3.63) is 46.7 Å². The number of aromatic nitrogens is 2. The second-order valence-corrected chi connectivity index (χ2v) is 6.68. The molecule has 0 fully saturated rings. The number of rotatable bonds is 8. The van der Waals surface area contributed by atoms with Crippen molar-refractivity contribution in [1.29, 1.82) is 0 Å². The Kier molecular flexibility index (Phi) is 7.53. The number of benzene rings is 1. The van der Waals surface area contributed by atoms with E-state index in [-0.39, 0.29) is 0 Å². The normalized spacial score (nSPS) is 10.6. The molecular weight excluding hydrogens is 340 g/mol. The summed E-state index contributed by atoms with van der Waals surface area (Å²) in [6, 6.07) is 8.47. The number of nitrogens with zero attached hydrogens (tertiary/aromatic N) is 2. The summed E-state index contributed by atoms with van der Waals surface area (Å²) in [6.07, 6.45) is 6.37. The van der Waals surface area contributed by atoms with Gasteiger partial charge in [0.15, 0.2) is 5.11 Å². The maximum atomic E-state index is 5.99. The first-order valence-corrected chi connectivity index (χ1v) is 9.20. The zero-order valence-electron chi connectivity index (χ0n) is 14.3. The van der Waals surface area contributed by atoms with Crippen LogP contribution >= 0.6 is 23.8 Å². The molecule has 0 atom stereocenters. The molecule has 2 aromatic rings. The summed E-state index contributed by atoms with van der Waals surface area (Å²) in [5.74, 6) is 0. The first-order valence-electron chi connectivity index (χ1n) is 8.42. The van der Waals surface area contributed by atoms with E-state index in [0.717, 1.165) is 37.3 Å². The summed E-state index contributed by atoms with van der Waals surface area (Å²) >= 11 is 11.3. The van der Waals surface area contributed by atoms with Gasteiger partial charge in [-0.2, -0.15) is 5.10 Å². The van der Waals surface area contributed by atoms with E-state index in [1.54, 1.807) is 0 Å². The van der Waals surface area contributed by atoms with Crippen LogP contribution < -0.4 is 10.6 Å². The van der Waals surface area contributed by atoms with Gasteiger partial charge < -0.3 is 10.6 Å². The molecule has 0 amide bonds. The summed E-state index contributed by atoms with van der Waals surface area (Å²) in [7, 11) is 0. The quantitative estimate of drug-likeness (QED) is 0.532. The topological polar surface area (TPSA) is 41.9 Å². The van der Waals surface area contributed by atoms with Crippen molar-refractivity contribution in [2.24, 2.45) is 0 Å². The van der Waals surface area contributed by atoms with Crippen molar-refractivity contribution in [1.82, 2.24) is 15.1 Å². The fraction of sp³-hybridized carbons (Fsp3) is 0.444. The minimum atomic E-state index is 0.644. The van der Waals surface area contributed by atoms with E-state index in [1.165, 1.54) is 18.4 Å². The van der Waals surface area contributed by atoms with Crippen molar-refractivity contribution >= 4 is 34.6 Å². The monoisotopic (exact) mass is 364 g/mol. The second-order valence-electron chi connectivity index (χ2n) is 5.86. The molecule has 0 aliphatic heterocycles. The third kappa shape index (κ3) is 6.13. The molecule has 6 heteroatoms. The first kappa shape index (κ1) is 18.7. The molecule has 0 spiro atoms. The molecule has 0 bridgehead atoms. The van der Waals surface area contributed by atoms with E-state index < -0.39 is 0 Å². The molecule has 2 rings (SSSR count). The van der Waals surface area contributed by atoms with Gasteiger partial charge in [-0.05, 0) is 56.1 Å². The summed E-state index contributed by atoms with van der Waals surface area (Å²) in [5.41, 5.74) is 3.25. The minimum absolute atomic E-state index is 0.644. The van der Waals surface area contributed by atoms with Gasteiger partial charge in [-0.3, -0.25) is 4.68 Å².